The van der Waals surface area contributed by atoms with E-state index in [1.54, 1.807) is 13.4 Å². The molecule has 0 aromatic carbocycles. The molecule has 0 aromatic rings. The van der Waals surface area contributed by atoms with Crippen LogP contribution in [0.4, 0.5) is 0 Å². The number of unbranched alkanes of at least 4 members (excludes halogenated alkanes) is 15. The van der Waals surface area contributed by atoms with Crippen molar-refractivity contribution in [1.82, 2.24) is 0 Å². The molecule has 0 aliphatic heterocycles. The summed E-state index contributed by atoms with van der Waals surface area (Å²) in [5, 5.41) is 0. The molecule has 0 spiro atoms. The van der Waals surface area contributed by atoms with Gasteiger partial charge in [0.05, 0.1) is 13.4 Å². The normalized spacial score (nSPS) is 11.7. The Morgan fingerprint density at radius 3 is 1.43 bits per heavy atom. The number of ether oxygens (including phenoxy) is 1. The molecule has 0 rings (SSSR count). The van der Waals surface area contributed by atoms with E-state index in [1.165, 1.54) is 103 Å². The fraction of sp³-hybridized carbons (Fsp3) is 0.818. The summed E-state index contributed by atoms with van der Waals surface area (Å²) in [4.78, 5) is 0. The smallest absolute Gasteiger partial charge is 0.0824 e. The Morgan fingerprint density at radius 1 is 0.565 bits per heavy atom. The fourth-order valence-corrected chi connectivity index (χ4v) is 2.93. The molecule has 0 N–H and O–H groups in total. The van der Waals surface area contributed by atoms with Crippen LogP contribution in [0.15, 0.2) is 24.5 Å². The van der Waals surface area contributed by atoms with Crippen LogP contribution < -0.4 is 0 Å². The van der Waals surface area contributed by atoms with Crippen molar-refractivity contribution in [3.05, 3.63) is 24.5 Å². The molecule has 0 saturated carbocycles. The zero-order valence-corrected chi connectivity index (χ0v) is 16.0. The molecule has 0 aromatic heterocycles. The maximum absolute atomic E-state index is 4.84. The van der Waals surface area contributed by atoms with Crippen LogP contribution in [-0.4, -0.2) is 7.11 Å². The van der Waals surface area contributed by atoms with E-state index in [2.05, 4.69) is 19.1 Å². The van der Waals surface area contributed by atoms with Gasteiger partial charge in [0.15, 0.2) is 0 Å². The van der Waals surface area contributed by atoms with Gasteiger partial charge in [-0.1, -0.05) is 109 Å². The molecular formula is C22H42O. The van der Waals surface area contributed by atoms with E-state index in [0.29, 0.717) is 0 Å². The van der Waals surface area contributed by atoms with Crippen molar-refractivity contribution < 1.29 is 4.74 Å². The minimum atomic E-state index is 1.20. The lowest BCUT2D eigenvalue weighted by molar-refractivity contribution is 0.338. The van der Waals surface area contributed by atoms with Crippen LogP contribution in [0.1, 0.15) is 110 Å². The Bertz CT molecular complexity index is 255. The lowest BCUT2D eigenvalue weighted by Gasteiger charge is -2.03. The average Bonchev–Trinajstić information content (AvgIpc) is 2.57. The predicted molar refractivity (Wildman–Crippen MR) is 105 cm³/mol. The Morgan fingerprint density at radius 2 is 1.00 bits per heavy atom. The maximum atomic E-state index is 4.84. The predicted octanol–water partition coefficient (Wildman–Crippen LogP) is 7.96. The first kappa shape index (κ1) is 22.3. The summed E-state index contributed by atoms with van der Waals surface area (Å²) < 4.78 is 4.84. The van der Waals surface area contributed by atoms with Crippen LogP contribution in [0.3, 0.4) is 0 Å². The maximum Gasteiger partial charge on any atom is 0.0824 e. The number of hydrogen-bond acceptors (Lipinski definition) is 1. The minimum absolute atomic E-state index is 1.20. The van der Waals surface area contributed by atoms with Crippen molar-refractivity contribution in [3.63, 3.8) is 0 Å². The van der Waals surface area contributed by atoms with Crippen LogP contribution in [0.2, 0.25) is 0 Å². The second-order valence-corrected chi connectivity index (χ2v) is 6.73. The monoisotopic (exact) mass is 322 g/mol. The van der Waals surface area contributed by atoms with Gasteiger partial charge < -0.3 is 4.74 Å². The zero-order chi connectivity index (χ0) is 16.8. The molecule has 0 aliphatic rings. The van der Waals surface area contributed by atoms with Crippen molar-refractivity contribution >= 4 is 0 Å². The van der Waals surface area contributed by atoms with Gasteiger partial charge in [0.2, 0.25) is 0 Å². The quantitative estimate of drug-likeness (QED) is 0.141. The second kappa shape index (κ2) is 21.3. The van der Waals surface area contributed by atoms with E-state index >= 15 is 0 Å². The molecule has 0 amide bonds. The van der Waals surface area contributed by atoms with Crippen molar-refractivity contribution in [2.45, 2.75) is 110 Å². The topological polar surface area (TPSA) is 9.23 Å². The van der Waals surface area contributed by atoms with Crippen LogP contribution in [-0.2, 0) is 4.74 Å². The Labute approximate surface area is 146 Å². The van der Waals surface area contributed by atoms with Gasteiger partial charge in [-0.15, -0.1) is 0 Å². The molecule has 136 valence electrons. The zero-order valence-electron chi connectivity index (χ0n) is 16.0. The Hall–Kier alpha value is -0.720. The molecule has 0 aliphatic carbocycles. The average molecular weight is 323 g/mol. The van der Waals surface area contributed by atoms with E-state index in [1.807, 2.05) is 6.08 Å². The third-order valence-corrected chi connectivity index (χ3v) is 4.44. The van der Waals surface area contributed by atoms with Gasteiger partial charge in [-0.25, -0.2) is 0 Å². The van der Waals surface area contributed by atoms with Gasteiger partial charge in [-0.05, 0) is 18.9 Å². The summed E-state index contributed by atoms with van der Waals surface area (Å²) in [5.74, 6) is 0. The molecule has 1 nitrogen and oxygen atoms in total. The highest BCUT2D eigenvalue weighted by Gasteiger charge is 1.93. The third kappa shape index (κ3) is 21.3. The molecule has 1 heteroatoms. The van der Waals surface area contributed by atoms with Crippen molar-refractivity contribution in [2.75, 3.05) is 7.11 Å². The molecule has 0 radical (unpaired) electrons. The SMILES string of the molecule is CCCCCCCCCCCCCCCCC/C=C/C=C/OC. The first-order valence-electron chi connectivity index (χ1n) is 10.3. The van der Waals surface area contributed by atoms with Gasteiger partial charge >= 0.3 is 0 Å². The van der Waals surface area contributed by atoms with Crippen LogP contribution >= 0.6 is 0 Å². The molecule has 0 unspecified atom stereocenters. The number of methoxy groups -OCH3 is 1. The van der Waals surface area contributed by atoms with Gasteiger partial charge in [-0.2, -0.15) is 0 Å². The summed E-state index contributed by atoms with van der Waals surface area (Å²) in [6, 6.07) is 0. The highest BCUT2D eigenvalue weighted by Crippen LogP contribution is 2.13. The summed E-state index contributed by atoms with van der Waals surface area (Å²) >= 11 is 0. The lowest BCUT2D eigenvalue weighted by atomic mass is 10.0. The molecule has 0 fully saturated rings. The standard InChI is InChI=1S/C22H42O/c1-3-4-5-6-7-8-9-10-11-12-13-14-15-16-17-18-19-20-21-22-23-2/h19-22H,3-18H2,1-2H3/b20-19+,22-21+. The van der Waals surface area contributed by atoms with E-state index in [0.717, 1.165) is 0 Å². The van der Waals surface area contributed by atoms with E-state index < -0.39 is 0 Å². The van der Waals surface area contributed by atoms with Crippen molar-refractivity contribution in [3.8, 4) is 0 Å². The van der Waals surface area contributed by atoms with E-state index in [-0.39, 0.29) is 0 Å². The number of rotatable bonds is 18. The van der Waals surface area contributed by atoms with Crippen LogP contribution in [0.25, 0.3) is 0 Å². The van der Waals surface area contributed by atoms with Crippen LogP contribution in [0.5, 0.6) is 0 Å². The van der Waals surface area contributed by atoms with Crippen LogP contribution in [0, 0.1) is 0 Å². The Balaban J connectivity index is 3.02. The van der Waals surface area contributed by atoms with Gasteiger partial charge in [0, 0.05) is 0 Å². The lowest BCUT2D eigenvalue weighted by Crippen LogP contribution is -1.83. The van der Waals surface area contributed by atoms with Gasteiger partial charge in [0.1, 0.15) is 0 Å². The number of hydrogen-bond donors (Lipinski definition) is 0. The highest BCUT2D eigenvalue weighted by atomic mass is 16.5. The summed E-state index contributed by atoms with van der Waals surface area (Å²) in [6.07, 6.45) is 30.7. The number of allylic oxidation sites excluding steroid dienone is 3. The first-order chi connectivity index (χ1) is 11.4. The molecule has 0 atom stereocenters. The summed E-state index contributed by atoms with van der Waals surface area (Å²) in [6.45, 7) is 2.29. The van der Waals surface area contributed by atoms with Crippen molar-refractivity contribution in [2.24, 2.45) is 0 Å². The van der Waals surface area contributed by atoms with Crippen molar-refractivity contribution in [1.29, 1.82) is 0 Å². The minimum Gasteiger partial charge on any atom is -0.504 e. The van der Waals surface area contributed by atoms with Gasteiger partial charge in [-0.3, -0.25) is 0 Å². The largest absolute Gasteiger partial charge is 0.504 e. The fourth-order valence-electron chi connectivity index (χ4n) is 2.93. The first-order valence-corrected chi connectivity index (χ1v) is 10.3. The Kier molecular flexibility index (Phi) is 20.6. The highest BCUT2D eigenvalue weighted by molar-refractivity contribution is 4.99. The molecular weight excluding hydrogens is 280 g/mol. The molecule has 23 heavy (non-hydrogen) atoms. The molecule has 0 heterocycles. The summed E-state index contributed by atoms with van der Waals surface area (Å²) in [7, 11) is 1.68. The van der Waals surface area contributed by atoms with E-state index in [4.69, 9.17) is 4.74 Å². The molecule has 0 bridgehead atoms. The third-order valence-electron chi connectivity index (χ3n) is 4.44. The summed E-state index contributed by atoms with van der Waals surface area (Å²) in [5.41, 5.74) is 0. The second-order valence-electron chi connectivity index (χ2n) is 6.73. The van der Waals surface area contributed by atoms with E-state index in [9.17, 15) is 0 Å². The molecule has 0 saturated heterocycles. The van der Waals surface area contributed by atoms with Gasteiger partial charge in [0.25, 0.3) is 0 Å².